The molecular formula is C21H25FN2O3S. The monoisotopic (exact) mass is 404 g/mol. The summed E-state index contributed by atoms with van der Waals surface area (Å²) in [7, 11) is 1.61. The third-order valence-corrected chi connectivity index (χ3v) is 5.35. The molecule has 0 fully saturated rings. The number of thioether (sulfide) groups is 1. The molecule has 2 N–H and O–H groups in total. The van der Waals surface area contributed by atoms with Gasteiger partial charge in [-0.2, -0.15) is 0 Å². The highest BCUT2D eigenvalue weighted by Crippen LogP contribution is 2.21. The second-order valence-corrected chi connectivity index (χ2v) is 7.58. The number of ether oxygens (including phenoxy) is 1. The minimum atomic E-state index is -0.383. The second kappa shape index (κ2) is 10.7. The van der Waals surface area contributed by atoms with E-state index in [4.69, 9.17) is 4.74 Å². The van der Waals surface area contributed by atoms with Crippen LogP contribution >= 0.6 is 11.8 Å². The molecule has 0 saturated heterocycles. The summed E-state index contributed by atoms with van der Waals surface area (Å²) in [6.45, 7) is 3.77. The van der Waals surface area contributed by atoms with E-state index in [-0.39, 0.29) is 34.7 Å². The summed E-state index contributed by atoms with van der Waals surface area (Å²) in [5.41, 5.74) is 1.53. The Labute approximate surface area is 169 Å². The van der Waals surface area contributed by atoms with Gasteiger partial charge in [0.1, 0.15) is 11.6 Å². The van der Waals surface area contributed by atoms with Crippen LogP contribution in [0.2, 0.25) is 0 Å². The van der Waals surface area contributed by atoms with Gasteiger partial charge in [0.2, 0.25) is 11.8 Å². The highest BCUT2D eigenvalue weighted by molar-refractivity contribution is 8.01. The van der Waals surface area contributed by atoms with E-state index >= 15 is 0 Å². The maximum absolute atomic E-state index is 12.9. The van der Waals surface area contributed by atoms with Crippen LogP contribution in [0.5, 0.6) is 5.75 Å². The first kappa shape index (κ1) is 21.8. The van der Waals surface area contributed by atoms with Crippen molar-refractivity contribution in [1.82, 2.24) is 5.32 Å². The minimum Gasteiger partial charge on any atom is -0.497 e. The predicted molar refractivity (Wildman–Crippen MR) is 111 cm³/mol. The van der Waals surface area contributed by atoms with Gasteiger partial charge in [-0.3, -0.25) is 9.59 Å². The largest absolute Gasteiger partial charge is 0.497 e. The topological polar surface area (TPSA) is 67.4 Å². The molecular weight excluding hydrogens is 379 g/mol. The summed E-state index contributed by atoms with van der Waals surface area (Å²) < 4.78 is 18.1. The number of methoxy groups -OCH3 is 1. The molecule has 0 heterocycles. The van der Waals surface area contributed by atoms with E-state index in [1.807, 2.05) is 31.2 Å². The van der Waals surface area contributed by atoms with Gasteiger partial charge in [0.15, 0.2) is 0 Å². The normalized spacial score (nSPS) is 12.7. The van der Waals surface area contributed by atoms with E-state index in [1.54, 1.807) is 14.0 Å². The van der Waals surface area contributed by atoms with Crippen LogP contribution in [-0.2, 0) is 9.59 Å². The molecule has 0 bridgehead atoms. The number of hydrogen-bond donors (Lipinski definition) is 2. The molecule has 28 heavy (non-hydrogen) atoms. The molecule has 2 aromatic carbocycles. The summed E-state index contributed by atoms with van der Waals surface area (Å²) in [5, 5.41) is 5.32. The number of hydrogen-bond acceptors (Lipinski definition) is 4. The molecule has 0 aliphatic carbocycles. The van der Waals surface area contributed by atoms with Gasteiger partial charge in [-0.1, -0.05) is 19.1 Å². The number of carbonyl (C=O) groups is 2. The van der Waals surface area contributed by atoms with Crippen LogP contribution in [0.25, 0.3) is 0 Å². The first-order valence-electron chi connectivity index (χ1n) is 9.04. The molecule has 2 amide bonds. The molecule has 2 aromatic rings. The van der Waals surface area contributed by atoms with Crippen molar-refractivity contribution in [3.8, 4) is 5.75 Å². The molecule has 0 aliphatic rings. The number of amides is 2. The molecule has 150 valence electrons. The van der Waals surface area contributed by atoms with Crippen LogP contribution in [0, 0.1) is 5.82 Å². The smallest absolute Gasteiger partial charge is 0.234 e. The lowest BCUT2D eigenvalue weighted by molar-refractivity contribution is -0.121. The lowest BCUT2D eigenvalue weighted by Gasteiger charge is -2.20. The van der Waals surface area contributed by atoms with Crippen LogP contribution in [0.3, 0.4) is 0 Å². The van der Waals surface area contributed by atoms with E-state index < -0.39 is 0 Å². The number of halogens is 1. The van der Waals surface area contributed by atoms with Crippen molar-refractivity contribution >= 4 is 29.3 Å². The van der Waals surface area contributed by atoms with Crippen LogP contribution in [0.15, 0.2) is 48.5 Å². The molecule has 2 unspecified atom stereocenters. The number of anilines is 1. The lowest BCUT2D eigenvalue weighted by Crippen LogP contribution is -2.34. The van der Waals surface area contributed by atoms with Gasteiger partial charge in [0.05, 0.1) is 24.2 Å². The Bertz CT molecular complexity index is 781. The molecule has 0 aromatic heterocycles. The molecule has 0 saturated carbocycles. The number of nitrogens with one attached hydrogen (secondary N) is 2. The van der Waals surface area contributed by atoms with Gasteiger partial charge < -0.3 is 15.4 Å². The molecule has 2 atom stereocenters. The zero-order valence-corrected chi connectivity index (χ0v) is 17.0. The zero-order valence-electron chi connectivity index (χ0n) is 16.2. The number of benzene rings is 2. The average Bonchev–Trinajstić information content (AvgIpc) is 2.71. The highest BCUT2D eigenvalue weighted by Gasteiger charge is 2.19. The fourth-order valence-corrected chi connectivity index (χ4v) is 3.25. The maximum atomic E-state index is 12.9. The summed E-state index contributed by atoms with van der Waals surface area (Å²) >= 11 is 1.25. The van der Waals surface area contributed by atoms with Crippen molar-refractivity contribution in [2.75, 3.05) is 18.2 Å². The second-order valence-electron chi connectivity index (χ2n) is 6.25. The van der Waals surface area contributed by atoms with Crippen molar-refractivity contribution in [3.05, 3.63) is 59.9 Å². The molecule has 2 rings (SSSR count). The van der Waals surface area contributed by atoms with Gasteiger partial charge in [-0.15, -0.1) is 11.8 Å². The van der Waals surface area contributed by atoms with Gasteiger partial charge in [-0.05, 0) is 55.3 Å². The Morgan fingerprint density at radius 3 is 2.32 bits per heavy atom. The number of rotatable bonds is 9. The molecule has 5 nitrogen and oxygen atoms in total. The fraction of sp³-hybridized carbons (Fsp3) is 0.333. The zero-order chi connectivity index (χ0) is 20.5. The Balaban J connectivity index is 1.83. The first-order valence-corrected chi connectivity index (χ1v) is 10.1. The van der Waals surface area contributed by atoms with Gasteiger partial charge in [0, 0.05) is 5.69 Å². The third-order valence-electron chi connectivity index (χ3n) is 4.20. The Morgan fingerprint density at radius 1 is 1.11 bits per heavy atom. The van der Waals surface area contributed by atoms with Crippen LogP contribution < -0.4 is 15.4 Å². The standard InChI is InChI=1S/C21H25FN2O3S/c1-4-19(15-5-11-18(27-3)12-6-15)24-21(26)14(2)28-13-20(25)23-17-9-7-16(22)8-10-17/h5-12,14,19H,4,13H2,1-3H3,(H,23,25)(H,24,26). The van der Waals surface area contributed by atoms with Gasteiger partial charge in [0.25, 0.3) is 0 Å². The SMILES string of the molecule is CCC(NC(=O)C(C)SCC(=O)Nc1ccc(F)cc1)c1ccc(OC)cc1. The summed E-state index contributed by atoms with van der Waals surface area (Å²) in [4.78, 5) is 24.5. The van der Waals surface area contributed by atoms with E-state index in [2.05, 4.69) is 10.6 Å². The molecule has 0 spiro atoms. The maximum Gasteiger partial charge on any atom is 0.234 e. The van der Waals surface area contributed by atoms with Crippen molar-refractivity contribution < 1.29 is 18.7 Å². The quantitative estimate of drug-likeness (QED) is 0.659. The number of carbonyl (C=O) groups excluding carboxylic acids is 2. The molecule has 0 radical (unpaired) electrons. The lowest BCUT2D eigenvalue weighted by atomic mass is 10.0. The van der Waals surface area contributed by atoms with E-state index in [9.17, 15) is 14.0 Å². The van der Waals surface area contributed by atoms with Crippen LogP contribution in [0.1, 0.15) is 31.9 Å². The van der Waals surface area contributed by atoms with Gasteiger partial charge in [-0.25, -0.2) is 4.39 Å². The molecule has 0 aliphatic heterocycles. The Kier molecular flexibility index (Phi) is 8.32. The van der Waals surface area contributed by atoms with Crippen molar-refractivity contribution in [2.45, 2.75) is 31.6 Å². The average molecular weight is 405 g/mol. The predicted octanol–water partition coefficient (Wildman–Crippen LogP) is 4.16. The van der Waals surface area contributed by atoms with E-state index in [1.165, 1.54) is 36.0 Å². The highest BCUT2D eigenvalue weighted by atomic mass is 32.2. The third kappa shape index (κ3) is 6.56. The van der Waals surface area contributed by atoms with Crippen molar-refractivity contribution in [3.63, 3.8) is 0 Å². The Morgan fingerprint density at radius 2 is 1.75 bits per heavy atom. The van der Waals surface area contributed by atoms with E-state index in [0.29, 0.717) is 5.69 Å². The van der Waals surface area contributed by atoms with Crippen molar-refractivity contribution in [2.24, 2.45) is 0 Å². The first-order chi connectivity index (χ1) is 13.4. The van der Waals surface area contributed by atoms with Crippen LogP contribution in [0.4, 0.5) is 10.1 Å². The van der Waals surface area contributed by atoms with Gasteiger partial charge >= 0.3 is 0 Å². The van der Waals surface area contributed by atoms with Crippen molar-refractivity contribution in [1.29, 1.82) is 0 Å². The Hall–Kier alpha value is -2.54. The fourth-order valence-electron chi connectivity index (χ4n) is 2.55. The summed E-state index contributed by atoms with van der Waals surface area (Å²) in [6, 6.07) is 13.0. The van der Waals surface area contributed by atoms with E-state index in [0.717, 1.165) is 17.7 Å². The minimum absolute atomic E-state index is 0.102. The van der Waals surface area contributed by atoms with Crippen LogP contribution in [-0.4, -0.2) is 29.9 Å². The molecule has 7 heteroatoms. The summed E-state index contributed by atoms with van der Waals surface area (Å²) in [5.74, 6) is 0.174. The summed E-state index contributed by atoms with van der Waals surface area (Å²) in [6.07, 6.45) is 0.751.